The van der Waals surface area contributed by atoms with Gasteiger partial charge in [0.1, 0.15) is 22.4 Å². The molecule has 2 heterocycles. The van der Waals surface area contributed by atoms with Gasteiger partial charge in [-0.1, -0.05) is 33.7 Å². The number of hydrogen-bond donors (Lipinski definition) is 2. The predicted molar refractivity (Wildman–Crippen MR) is 219 cm³/mol. The van der Waals surface area contributed by atoms with E-state index in [1.807, 2.05) is 0 Å². The fourth-order valence-corrected chi connectivity index (χ4v) is 7.49. The first-order valence-corrected chi connectivity index (χ1v) is 22.0. The highest BCUT2D eigenvalue weighted by molar-refractivity contribution is 9.10. The first-order chi connectivity index (χ1) is 27.1. The number of methoxy groups -OCH3 is 2. The predicted octanol–water partition coefficient (Wildman–Crippen LogP) is 5.22. The molecule has 0 bridgehead atoms. The summed E-state index contributed by atoms with van der Waals surface area (Å²) in [5.41, 5.74) is 3.56. The van der Waals surface area contributed by atoms with Crippen molar-refractivity contribution in [3.05, 3.63) is 105 Å². The van der Waals surface area contributed by atoms with Crippen molar-refractivity contribution in [1.29, 1.82) is 0 Å². The molecule has 0 saturated heterocycles. The zero-order valence-electron chi connectivity index (χ0n) is 32.4. The monoisotopic (exact) mass is 886 g/mol. The molecule has 14 nitrogen and oxygen atoms in total. The number of pyridine rings is 2. The van der Waals surface area contributed by atoms with Crippen LogP contribution in [0.15, 0.2) is 77.3 Å². The summed E-state index contributed by atoms with van der Waals surface area (Å²) in [6.45, 7) is 6.48. The lowest BCUT2D eigenvalue weighted by molar-refractivity contribution is -0.143. The molecule has 0 aliphatic rings. The van der Waals surface area contributed by atoms with E-state index in [1.54, 1.807) is 86.6 Å². The largest absolute Gasteiger partial charge is 0.482 e. The second-order valence-electron chi connectivity index (χ2n) is 11.4. The lowest BCUT2D eigenvalue weighted by Gasteiger charge is -2.13. The van der Waals surface area contributed by atoms with Crippen LogP contribution in [0.4, 0.5) is 0 Å². The Labute approximate surface area is 341 Å². The van der Waals surface area contributed by atoms with Gasteiger partial charge in [-0.05, 0) is 86.6 Å². The normalized spacial score (nSPS) is 12.2. The molecule has 2 N–H and O–H groups in total. The summed E-state index contributed by atoms with van der Waals surface area (Å²) < 4.78 is 55.2. The number of terminal acetylenes is 1. The zero-order chi connectivity index (χ0) is 42.4. The lowest BCUT2D eigenvalue weighted by atomic mass is 10.2. The quantitative estimate of drug-likeness (QED) is 0.0953. The second-order valence-corrected chi connectivity index (χ2v) is 17.1. The van der Waals surface area contributed by atoms with Gasteiger partial charge in [0.25, 0.3) is 0 Å². The van der Waals surface area contributed by atoms with Gasteiger partial charge in [-0.15, -0.1) is 6.42 Å². The van der Waals surface area contributed by atoms with Gasteiger partial charge in [0.05, 0.1) is 52.0 Å². The van der Waals surface area contributed by atoms with E-state index < -0.39 is 26.7 Å². The molecule has 2 aromatic carbocycles. The van der Waals surface area contributed by atoms with Crippen LogP contribution in [-0.4, -0.2) is 86.1 Å². The molecule has 4 aromatic rings. The van der Waals surface area contributed by atoms with Crippen LogP contribution in [0.5, 0.6) is 11.5 Å². The van der Waals surface area contributed by atoms with Crippen molar-refractivity contribution in [3.63, 3.8) is 0 Å². The molecule has 0 amide bonds. The van der Waals surface area contributed by atoms with Crippen LogP contribution in [0.3, 0.4) is 0 Å². The summed E-state index contributed by atoms with van der Waals surface area (Å²) in [5.74, 6) is 8.69. The average molecular weight is 888 g/mol. The van der Waals surface area contributed by atoms with Gasteiger partial charge in [0, 0.05) is 34.5 Å². The molecule has 0 radical (unpaired) electrons. The van der Waals surface area contributed by atoms with E-state index in [1.165, 1.54) is 27.5 Å². The van der Waals surface area contributed by atoms with Crippen LogP contribution in [0.25, 0.3) is 0 Å². The minimum absolute atomic E-state index is 0.0914. The number of aromatic nitrogens is 2. The number of carbonyl (C=O) groups excluding carboxylic acids is 2. The van der Waals surface area contributed by atoms with E-state index in [4.69, 9.17) is 30.1 Å². The van der Waals surface area contributed by atoms with Crippen molar-refractivity contribution in [2.45, 2.75) is 27.1 Å². The van der Waals surface area contributed by atoms with E-state index in [9.17, 15) is 23.8 Å². The number of halogens is 1. The SMILES string of the molecule is C#Cc1ccc(OCC(=O)OC)cc1.CCOP(C)(=O)c1cc(Br)cc(CO)n1.CCOP(C)(=O)c1cc(C#Cc2ccc(OCC(=O)OC)cc2)cc(CO)n1. The van der Waals surface area contributed by atoms with Crippen LogP contribution >= 0.6 is 30.7 Å². The van der Waals surface area contributed by atoms with Crippen LogP contribution in [0.1, 0.15) is 41.9 Å². The minimum Gasteiger partial charge on any atom is -0.482 e. The van der Waals surface area contributed by atoms with E-state index in [2.05, 4.69) is 53.1 Å². The highest BCUT2D eigenvalue weighted by Gasteiger charge is 2.22. The summed E-state index contributed by atoms with van der Waals surface area (Å²) in [6.07, 6.45) is 5.18. The second kappa shape index (κ2) is 24.7. The Hall–Kier alpha value is -4.82. The third-order valence-corrected chi connectivity index (χ3v) is 11.1. The van der Waals surface area contributed by atoms with Crippen molar-refractivity contribution >= 4 is 53.5 Å². The number of aliphatic hydroxyl groups is 2. The maximum atomic E-state index is 12.6. The number of carbonyl (C=O) groups is 2. The Morgan fingerprint density at radius 2 is 1.11 bits per heavy atom. The van der Waals surface area contributed by atoms with Crippen molar-refractivity contribution in [1.82, 2.24) is 9.97 Å². The molecule has 2 atom stereocenters. The summed E-state index contributed by atoms with van der Waals surface area (Å²) in [7, 11) is -3.33. The fourth-order valence-electron chi connectivity index (χ4n) is 4.21. The molecule has 0 spiro atoms. The van der Waals surface area contributed by atoms with Crippen molar-refractivity contribution in [2.75, 3.05) is 54.0 Å². The van der Waals surface area contributed by atoms with E-state index >= 15 is 0 Å². The Bertz CT molecular complexity index is 2130. The molecular weight excluding hydrogens is 842 g/mol. The van der Waals surface area contributed by atoms with E-state index in [0.29, 0.717) is 47.1 Å². The number of ether oxygens (including phenoxy) is 4. The van der Waals surface area contributed by atoms with Gasteiger partial charge in [-0.25, -0.2) is 19.6 Å². The molecule has 0 saturated carbocycles. The van der Waals surface area contributed by atoms with Crippen LogP contribution in [-0.2, 0) is 50.5 Å². The highest BCUT2D eigenvalue weighted by atomic mass is 79.9. The van der Waals surface area contributed by atoms with Gasteiger partial charge < -0.3 is 38.2 Å². The number of nitrogens with zero attached hydrogens (tertiary/aromatic N) is 2. The molecule has 2 aromatic heterocycles. The number of hydrogen-bond acceptors (Lipinski definition) is 14. The van der Waals surface area contributed by atoms with Crippen LogP contribution in [0, 0.1) is 24.2 Å². The summed E-state index contributed by atoms with van der Waals surface area (Å²) in [5, 5.41) is 18.4. The third-order valence-electron chi connectivity index (χ3n) is 7.00. The summed E-state index contributed by atoms with van der Waals surface area (Å²) in [4.78, 5) is 30.1. The van der Waals surface area contributed by atoms with Gasteiger partial charge in [0.2, 0.25) is 14.7 Å². The lowest BCUT2D eigenvalue weighted by Crippen LogP contribution is -2.14. The maximum absolute atomic E-state index is 12.6. The topological polar surface area (TPSA) is 190 Å². The Morgan fingerprint density at radius 3 is 1.53 bits per heavy atom. The summed E-state index contributed by atoms with van der Waals surface area (Å²) >= 11 is 3.27. The number of rotatable bonds is 14. The molecule has 304 valence electrons. The number of benzene rings is 2. The molecule has 17 heteroatoms. The minimum atomic E-state index is -3.08. The van der Waals surface area contributed by atoms with Crippen LogP contribution in [0.2, 0.25) is 0 Å². The number of aliphatic hydroxyl groups excluding tert-OH is 2. The Balaban J connectivity index is 0.000000325. The molecule has 0 fully saturated rings. The van der Waals surface area contributed by atoms with Gasteiger partial charge in [0.15, 0.2) is 13.2 Å². The van der Waals surface area contributed by atoms with Crippen molar-refractivity contribution < 1.29 is 56.9 Å². The van der Waals surface area contributed by atoms with Crippen molar-refractivity contribution in [3.8, 4) is 35.7 Å². The maximum Gasteiger partial charge on any atom is 0.343 e. The third kappa shape index (κ3) is 17.5. The van der Waals surface area contributed by atoms with Gasteiger partial charge in [-0.3, -0.25) is 9.13 Å². The molecule has 0 aliphatic carbocycles. The standard InChI is InChI=1S/C20H22NO6P.C11H10O3.C9H13BrNO3P/c1-4-27-28(3,24)19-12-16(11-17(13-22)21-19)6-5-15-7-9-18(10-8-15)26-14-20(23)25-2;1-3-9-4-6-10(7-5-9)14-8-11(12)13-2;1-3-14-15(2,13)9-5-7(10)4-8(6-12)11-9/h7-12,22H,4,13-14H2,1-3H3;1,4-7H,8H2,2H3;4-5,12H,3,6H2,1-2H3. The molecule has 57 heavy (non-hydrogen) atoms. The zero-order valence-corrected chi connectivity index (χ0v) is 35.8. The molecule has 2 unspecified atom stereocenters. The smallest absolute Gasteiger partial charge is 0.343 e. The molecular formula is C40H45BrN2O12P2. The molecule has 0 aliphatic heterocycles. The average Bonchev–Trinajstić information content (AvgIpc) is 3.21. The van der Waals surface area contributed by atoms with Crippen LogP contribution < -0.4 is 20.3 Å². The van der Waals surface area contributed by atoms with Gasteiger partial charge >= 0.3 is 11.9 Å². The van der Waals surface area contributed by atoms with E-state index in [-0.39, 0.29) is 31.9 Å². The van der Waals surface area contributed by atoms with Crippen molar-refractivity contribution in [2.24, 2.45) is 0 Å². The fraction of sp³-hybridized carbons (Fsp3) is 0.300. The first-order valence-electron chi connectivity index (χ1n) is 17.1. The summed E-state index contributed by atoms with van der Waals surface area (Å²) in [6, 6.07) is 20.4. The first kappa shape index (κ1) is 48.3. The number of esters is 2. The Kier molecular flexibility index (Phi) is 21.0. The van der Waals surface area contributed by atoms with E-state index in [0.717, 1.165) is 15.6 Å². The molecule has 4 rings (SSSR count). The highest BCUT2D eigenvalue weighted by Crippen LogP contribution is 2.41. The van der Waals surface area contributed by atoms with Gasteiger partial charge in [-0.2, -0.15) is 0 Å². The Morgan fingerprint density at radius 1 is 0.684 bits per heavy atom.